The number of nitrogens with zero attached hydrogens (tertiary/aromatic N) is 2. The Balaban J connectivity index is 1.78. The summed E-state index contributed by atoms with van der Waals surface area (Å²) in [6, 6.07) is 14.2. The summed E-state index contributed by atoms with van der Waals surface area (Å²) in [7, 11) is 0. The van der Waals surface area contributed by atoms with Gasteiger partial charge in [-0.25, -0.2) is 4.98 Å². The van der Waals surface area contributed by atoms with Crippen molar-refractivity contribution < 1.29 is 4.79 Å². The fraction of sp³-hybridized carbons (Fsp3) is 0.429. The highest BCUT2D eigenvalue weighted by atomic mass is 16.2. The summed E-state index contributed by atoms with van der Waals surface area (Å²) < 4.78 is 0. The van der Waals surface area contributed by atoms with Crippen LogP contribution >= 0.6 is 0 Å². The molecule has 1 aromatic heterocycles. The molecule has 132 valence electrons. The number of aromatic nitrogens is 1. The van der Waals surface area contributed by atoms with Crippen LogP contribution in [0.25, 0.3) is 0 Å². The lowest BCUT2D eigenvalue weighted by Crippen LogP contribution is -2.38. The molecule has 1 aliphatic heterocycles. The van der Waals surface area contributed by atoms with Crippen LogP contribution in [0.2, 0.25) is 0 Å². The Kier molecular flexibility index (Phi) is 5.69. The predicted octanol–water partition coefficient (Wildman–Crippen LogP) is 4.66. The minimum Gasteiger partial charge on any atom is -0.368 e. The van der Waals surface area contributed by atoms with E-state index in [4.69, 9.17) is 0 Å². The van der Waals surface area contributed by atoms with E-state index in [1.54, 1.807) is 0 Å². The van der Waals surface area contributed by atoms with Gasteiger partial charge in [0.1, 0.15) is 5.82 Å². The van der Waals surface area contributed by atoms with E-state index in [0.717, 1.165) is 49.2 Å². The lowest BCUT2D eigenvalue weighted by Gasteiger charge is -2.36. The topological polar surface area (TPSA) is 45.2 Å². The Morgan fingerprint density at radius 3 is 2.72 bits per heavy atom. The van der Waals surface area contributed by atoms with Crippen molar-refractivity contribution in [2.24, 2.45) is 0 Å². The molecular weight excluding hydrogens is 310 g/mol. The van der Waals surface area contributed by atoms with Crippen LogP contribution in [0.1, 0.15) is 61.5 Å². The van der Waals surface area contributed by atoms with Gasteiger partial charge in [0.15, 0.2) is 0 Å². The zero-order valence-corrected chi connectivity index (χ0v) is 15.1. The van der Waals surface area contributed by atoms with E-state index >= 15 is 0 Å². The van der Waals surface area contributed by atoms with Crippen molar-refractivity contribution >= 4 is 11.7 Å². The third-order valence-corrected chi connectivity index (χ3v) is 4.96. The molecule has 3 rings (SSSR count). The second-order valence-electron chi connectivity index (χ2n) is 6.81. The normalized spacial score (nSPS) is 18.6. The summed E-state index contributed by atoms with van der Waals surface area (Å²) in [5.74, 6) is 1.02. The Bertz CT molecular complexity index is 684. The maximum absolute atomic E-state index is 12.9. The summed E-state index contributed by atoms with van der Waals surface area (Å²) in [6.07, 6.45) is 6.20. The summed E-state index contributed by atoms with van der Waals surface area (Å²) in [6.45, 7) is 5.11. The summed E-state index contributed by atoms with van der Waals surface area (Å²) in [4.78, 5) is 19.5. The van der Waals surface area contributed by atoms with Gasteiger partial charge in [0, 0.05) is 24.3 Å². The van der Waals surface area contributed by atoms with E-state index in [0.29, 0.717) is 6.04 Å². The molecule has 0 bridgehead atoms. The lowest BCUT2D eigenvalue weighted by molar-refractivity contribution is 0.0611. The van der Waals surface area contributed by atoms with Crippen molar-refractivity contribution in [3.8, 4) is 0 Å². The second-order valence-corrected chi connectivity index (χ2v) is 6.81. The molecule has 2 heterocycles. The molecule has 1 fully saturated rings. The summed E-state index contributed by atoms with van der Waals surface area (Å²) >= 11 is 0. The lowest BCUT2D eigenvalue weighted by atomic mass is 9.95. The Hall–Kier alpha value is -2.36. The molecule has 4 heteroatoms. The molecule has 0 unspecified atom stereocenters. The molecule has 2 aromatic rings. The molecule has 4 nitrogen and oxygen atoms in total. The summed E-state index contributed by atoms with van der Waals surface area (Å²) in [5.41, 5.74) is 1.89. The summed E-state index contributed by atoms with van der Waals surface area (Å²) in [5, 5.41) is 3.39. The molecule has 1 N–H and O–H groups in total. The maximum Gasteiger partial charge on any atom is 0.254 e. The van der Waals surface area contributed by atoms with E-state index < -0.39 is 0 Å². The average molecular weight is 337 g/mol. The molecule has 25 heavy (non-hydrogen) atoms. The third kappa shape index (κ3) is 4.19. The van der Waals surface area contributed by atoms with E-state index in [1.165, 1.54) is 0 Å². The highest BCUT2D eigenvalue weighted by Gasteiger charge is 2.28. The van der Waals surface area contributed by atoms with Crippen molar-refractivity contribution in [3.05, 3.63) is 59.8 Å². The van der Waals surface area contributed by atoms with Crippen LogP contribution in [0.4, 0.5) is 5.82 Å². The molecule has 0 saturated carbocycles. The van der Waals surface area contributed by atoms with Crippen LogP contribution < -0.4 is 5.32 Å². The molecular formula is C21H27N3O. The zero-order chi connectivity index (χ0) is 17.6. The molecule has 1 saturated heterocycles. The van der Waals surface area contributed by atoms with E-state index in [-0.39, 0.29) is 11.9 Å². The minimum absolute atomic E-state index is 0.117. The van der Waals surface area contributed by atoms with Gasteiger partial charge in [0.05, 0.1) is 6.04 Å². The molecule has 0 radical (unpaired) electrons. The number of rotatable bonds is 5. The van der Waals surface area contributed by atoms with Crippen molar-refractivity contribution in [2.75, 3.05) is 11.9 Å². The Morgan fingerprint density at radius 2 is 2.04 bits per heavy atom. The van der Waals surface area contributed by atoms with Gasteiger partial charge >= 0.3 is 0 Å². The number of hydrogen-bond donors (Lipinski definition) is 1. The average Bonchev–Trinajstić information content (AvgIpc) is 2.68. The van der Waals surface area contributed by atoms with Gasteiger partial charge in [0.25, 0.3) is 5.91 Å². The number of likely N-dealkylation sites (tertiary alicyclic amines) is 1. The number of amides is 1. The molecule has 1 aliphatic rings. The van der Waals surface area contributed by atoms with E-state index in [1.807, 2.05) is 47.5 Å². The first-order valence-electron chi connectivity index (χ1n) is 9.27. The van der Waals surface area contributed by atoms with Gasteiger partial charge in [0.2, 0.25) is 0 Å². The molecule has 1 amide bonds. The van der Waals surface area contributed by atoms with Gasteiger partial charge in [-0.05, 0) is 56.4 Å². The van der Waals surface area contributed by atoms with E-state index in [2.05, 4.69) is 30.2 Å². The van der Waals surface area contributed by atoms with Crippen molar-refractivity contribution in [2.45, 2.75) is 51.6 Å². The molecule has 1 aromatic carbocycles. The Morgan fingerprint density at radius 1 is 1.24 bits per heavy atom. The number of carbonyl (C=O) groups is 1. The van der Waals surface area contributed by atoms with Crippen LogP contribution in [0.15, 0.2) is 48.7 Å². The Labute approximate surface area is 150 Å². The van der Waals surface area contributed by atoms with Crippen molar-refractivity contribution in [3.63, 3.8) is 0 Å². The van der Waals surface area contributed by atoms with Crippen LogP contribution in [0, 0.1) is 0 Å². The predicted molar refractivity (Wildman–Crippen MR) is 102 cm³/mol. The standard InChI is InChI=1S/C21H27N3O/c1-3-16(2)23-20-13-12-18(15-22-20)19-11-7-8-14-24(19)21(25)17-9-5-4-6-10-17/h4-6,9-10,12-13,15-16,19H,3,7-8,11,14H2,1-2H3,(H,22,23)/t16-,19+/m1/s1. The van der Waals surface area contributed by atoms with Crippen molar-refractivity contribution in [1.82, 2.24) is 9.88 Å². The number of pyridine rings is 1. The minimum atomic E-state index is 0.117. The third-order valence-electron chi connectivity index (χ3n) is 4.96. The molecule has 0 spiro atoms. The van der Waals surface area contributed by atoms with Gasteiger partial charge in [-0.2, -0.15) is 0 Å². The first-order chi connectivity index (χ1) is 12.2. The molecule has 2 atom stereocenters. The number of nitrogens with one attached hydrogen (secondary N) is 1. The highest BCUT2D eigenvalue weighted by molar-refractivity contribution is 5.94. The number of hydrogen-bond acceptors (Lipinski definition) is 3. The number of carbonyl (C=O) groups excluding carboxylic acids is 1. The van der Waals surface area contributed by atoms with Gasteiger partial charge in [-0.3, -0.25) is 4.79 Å². The first-order valence-corrected chi connectivity index (χ1v) is 9.27. The SMILES string of the molecule is CC[C@@H](C)Nc1ccc([C@@H]2CCCCN2C(=O)c2ccccc2)cn1. The maximum atomic E-state index is 12.9. The van der Waals surface area contributed by atoms with Crippen LogP contribution in [-0.2, 0) is 0 Å². The zero-order valence-electron chi connectivity index (χ0n) is 15.1. The highest BCUT2D eigenvalue weighted by Crippen LogP contribution is 2.32. The van der Waals surface area contributed by atoms with Gasteiger partial charge in [-0.1, -0.05) is 31.2 Å². The second kappa shape index (κ2) is 8.15. The monoisotopic (exact) mass is 337 g/mol. The smallest absolute Gasteiger partial charge is 0.254 e. The fourth-order valence-corrected chi connectivity index (χ4v) is 3.31. The van der Waals surface area contributed by atoms with Crippen molar-refractivity contribution in [1.29, 1.82) is 0 Å². The van der Waals surface area contributed by atoms with E-state index in [9.17, 15) is 4.79 Å². The van der Waals surface area contributed by atoms with Crippen LogP contribution in [0.3, 0.4) is 0 Å². The van der Waals surface area contributed by atoms with Gasteiger partial charge in [-0.15, -0.1) is 0 Å². The molecule has 0 aliphatic carbocycles. The largest absolute Gasteiger partial charge is 0.368 e. The van der Waals surface area contributed by atoms with Crippen LogP contribution in [-0.4, -0.2) is 28.4 Å². The van der Waals surface area contributed by atoms with Crippen LogP contribution in [0.5, 0.6) is 0 Å². The van der Waals surface area contributed by atoms with Gasteiger partial charge < -0.3 is 10.2 Å². The first kappa shape index (κ1) is 17.5. The number of anilines is 1. The fourth-order valence-electron chi connectivity index (χ4n) is 3.31. The number of benzene rings is 1. The quantitative estimate of drug-likeness (QED) is 0.863. The number of piperidine rings is 1.